The van der Waals surface area contributed by atoms with E-state index in [1.54, 1.807) is 12.1 Å². The molecule has 0 bridgehead atoms. The van der Waals surface area contributed by atoms with Crippen molar-refractivity contribution in [3.05, 3.63) is 24.3 Å². The largest absolute Gasteiger partial charge is 0.497 e. The van der Waals surface area contributed by atoms with E-state index in [2.05, 4.69) is 17.2 Å². The first-order valence-corrected chi connectivity index (χ1v) is 9.42. The van der Waals surface area contributed by atoms with Crippen LogP contribution in [0.1, 0.15) is 51.9 Å². The molecule has 0 saturated carbocycles. The van der Waals surface area contributed by atoms with Crippen molar-refractivity contribution >= 4 is 15.9 Å². The zero-order chi connectivity index (χ0) is 17.1. The summed E-state index contributed by atoms with van der Waals surface area (Å²) in [5.41, 5.74) is 2.24. The van der Waals surface area contributed by atoms with Gasteiger partial charge in [0.1, 0.15) is 5.75 Å². The van der Waals surface area contributed by atoms with Crippen molar-refractivity contribution in [2.24, 2.45) is 0 Å². The van der Waals surface area contributed by atoms with Crippen molar-refractivity contribution in [3.8, 4) is 5.75 Å². The lowest BCUT2D eigenvalue weighted by Crippen LogP contribution is -2.41. The molecule has 0 aliphatic heterocycles. The SMILES string of the molecule is CCCCCCCCC(=O)NNS(=O)(=O)c1ccc(OC)cc1. The van der Waals surface area contributed by atoms with Crippen LogP contribution in [0.4, 0.5) is 0 Å². The summed E-state index contributed by atoms with van der Waals surface area (Å²) in [6, 6.07) is 5.93. The van der Waals surface area contributed by atoms with Gasteiger partial charge >= 0.3 is 0 Å². The van der Waals surface area contributed by atoms with E-state index in [1.165, 1.54) is 38.5 Å². The van der Waals surface area contributed by atoms with Gasteiger partial charge in [0.05, 0.1) is 12.0 Å². The van der Waals surface area contributed by atoms with Gasteiger partial charge in [-0.3, -0.25) is 10.2 Å². The molecule has 0 heterocycles. The lowest BCUT2D eigenvalue weighted by molar-refractivity contribution is -0.121. The Hall–Kier alpha value is -1.60. The Balaban J connectivity index is 2.33. The Bertz CT molecular complexity index is 570. The lowest BCUT2D eigenvalue weighted by atomic mass is 10.1. The Labute approximate surface area is 138 Å². The van der Waals surface area contributed by atoms with Crippen LogP contribution in [0.3, 0.4) is 0 Å². The van der Waals surface area contributed by atoms with Gasteiger partial charge in [0.15, 0.2) is 0 Å². The summed E-state index contributed by atoms with van der Waals surface area (Å²) in [4.78, 5) is 13.8. The molecular formula is C16H26N2O4S. The Morgan fingerprint density at radius 3 is 2.26 bits per heavy atom. The zero-order valence-electron chi connectivity index (χ0n) is 13.8. The first-order chi connectivity index (χ1) is 11.0. The number of carbonyl (C=O) groups excluding carboxylic acids is 1. The highest BCUT2D eigenvalue weighted by atomic mass is 32.2. The van der Waals surface area contributed by atoms with Crippen molar-refractivity contribution in [3.63, 3.8) is 0 Å². The van der Waals surface area contributed by atoms with E-state index < -0.39 is 10.0 Å². The number of hydrogen-bond donors (Lipinski definition) is 2. The van der Waals surface area contributed by atoms with Gasteiger partial charge in [-0.25, -0.2) is 8.42 Å². The maximum absolute atomic E-state index is 12.0. The van der Waals surface area contributed by atoms with Gasteiger partial charge < -0.3 is 4.74 Å². The molecule has 0 aliphatic carbocycles. The molecule has 0 unspecified atom stereocenters. The molecule has 0 aliphatic rings. The third-order valence-electron chi connectivity index (χ3n) is 3.45. The molecule has 2 N–H and O–H groups in total. The smallest absolute Gasteiger partial charge is 0.257 e. The second kappa shape index (κ2) is 10.2. The summed E-state index contributed by atoms with van der Waals surface area (Å²) < 4.78 is 29.0. The second-order valence-corrected chi connectivity index (χ2v) is 7.03. The quantitative estimate of drug-likeness (QED) is 0.478. The molecule has 0 fully saturated rings. The van der Waals surface area contributed by atoms with Crippen molar-refractivity contribution in [2.45, 2.75) is 56.8 Å². The topological polar surface area (TPSA) is 84.5 Å². The van der Waals surface area contributed by atoms with E-state index in [1.807, 2.05) is 0 Å². The molecule has 1 amide bonds. The van der Waals surface area contributed by atoms with Gasteiger partial charge in [0.2, 0.25) is 5.91 Å². The molecule has 0 aromatic heterocycles. The van der Waals surface area contributed by atoms with Crippen LogP contribution in [0.2, 0.25) is 0 Å². The molecule has 1 aromatic carbocycles. The van der Waals surface area contributed by atoms with Gasteiger partial charge in [0.25, 0.3) is 10.0 Å². The number of sulfonamides is 1. The Morgan fingerprint density at radius 2 is 1.65 bits per heavy atom. The zero-order valence-corrected chi connectivity index (χ0v) is 14.6. The lowest BCUT2D eigenvalue weighted by Gasteiger charge is -2.09. The predicted octanol–water partition coefficient (Wildman–Crippen LogP) is 2.76. The molecule has 130 valence electrons. The third-order valence-corrected chi connectivity index (χ3v) is 4.72. The number of nitrogens with one attached hydrogen (secondary N) is 2. The van der Waals surface area contributed by atoms with Crippen LogP contribution in [0.5, 0.6) is 5.75 Å². The second-order valence-electron chi connectivity index (χ2n) is 5.35. The minimum absolute atomic E-state index is 0.0677. The summed E-state index contributed by atoms with van der Waals surface area (Å²) in [5, 5.41) is 0. The number of hydrazine groups is 1. The van der Waals surface area contributed by atoms with E-state index in [0.29, 0.717) is 12.2 Å². The fraction of sp³-hybridized carbons (Fsp3) is 0.562. The molecule has 7 heteroatoms. The van der Waals surface area contributed by atoms with Crippen molar-refractivity contribution in [1.29, 1.82) is 0 Å². The third kappa shape index (κ3) is 7.47. The summed E-state index contributed by atoms with van der Waals surface area (Å²) in [6.07, 6.45) is 6.76. The number of hydrogen-bond acceptors (Lipinski definition) is 4. The molecular weight excluding hydrogens is 316 g/mol. The van der Waals surface area contributed by atoms with E-state index in [-0.39, 0.29) is 10.8 Å². The van der Waals surface area contributed by atoms with Gasteiger partial charge in [-0.1, -0.05) is 39.0 Å². The number of benzene rings is 1. The van der Waals surface area contributed by atoms with Crippen molar-refractivity contribution in [1.82, 2.24) is 10.3 Å². The van der Waals surface area contributed by atoms with Crippen LogP contribution in [-0.4, -0.2) is 21.4 Å². The summed E-state index contributed by atoms with van der Waals surface area (Å²) in [5.74, 6) is 0.244. The molecule has 1 rings (SSSR count). The van der Waals surface area contributed by atoms with Gasteiger partial charge in [-0.2, -0.15) is 0 Å². The molecule has 0 radical (unpaired) electrons. The number of methoxy groups -OCH3 is 1. The summed E-state index contributed by atoms with van der Waals surface area (Å²) >= 11 is 0. The fourth-order valence-electron chi connectivity index (χ4n) is 2.07. The van der Waals surface area contributed by atoms with Gasteiger partial charge in [-0.05, 0) is 30.7 Å². The summed E-state index contributed by atoms with van der Waals surface area (Å²) in [6.45, 7) is 2.16. The first-order valence-electron chi connectivity index (χ1n) is 7.94. The van der Waals surface area contributed by atoms with Crippen LogP contribution in [0.15, 0.2) is 29.2 Å². The predicted molar refractivity (Wildman–Crippen MR) is 89.5 cm³/mol. The van der Waals surface area contributed by atoms with Crippen LogP contribution in [0.25, 0.3) is 0 Å². The maximum Gasteiger partial charge on any atom is 0.257 e. The van der Waals surface area contributed by atoms with E-state index >= 15 is 0 Å². The van der Waals surface area contributed by atoms with Crippen LogP contribution in [0, 0.1) is 0 Å². The highest BCUT2D eigenvalue weighted by Crippen LogP contribution is 2.14. The van der Waals surface area contributed by atoms with Gasteiger partial charge in [0, 0.05) is 6.42 Å². The standard InChI is InChI=1S/C16H26N2O4S/c1-3-4-5-6-7-8-9-16(19)17-18-23(20,21)15-12-10-14(22-2)11-13-15/h10-13,18H,3-9H2,1-2H3,(H,17,19). The van der Waals surface area contributed by atoms with Crippen molar-refractivity contribution < 1.29 is 17.9 Å². The average molecular weight is 342 g/mol. The number of ether oxygens (including phenoxy) is 1. The monoisotopic (exact) mass is 342 g/mol. The molecule has 0 atom stereocenters. The van der Waals surface area contributed by atoms with E-state index in [4.69, 9.17) is 4.74 Å². The first kappa shape index (κ1) is 19.4. The summed E-state index contributed by atoms with van der Waals surface area (Å²) in [7, 11) is -2.26. The van der Waals surface area contributed by atoms with Crippen LogP contribution < -0.4 is 15.0 Å². The molecule has 23 heavy (non-hydrogen) atoms. The fourth-order valence-corrected chi connectivity index (χ4v) is 2.93. The minimum Gasteiger partial charge on any atom is -0.497 e. The highest BCUT2D eigenvalue weighted by Gasteiger charge is 2.14. The minimum atomic E-state index is -3.76. The number of amides is 1. The van der Waals surface area contributed by atoms with E-state index in [0.717, 1.165) is 19.3 Å². The van der Waals surface area contributed by atoms with E-state index in [9.17, 15) is 13.2 Å². The number of rotatable bonds is 11. The number of carbonyl (C=O) groups is 1. The average Bonchev–Trinajstić information content (AvgIpc) is 2.56. The normalized spacial score (nSPS) is 11.2. The van der Waals surface area contributed by atoms with Crippen LogP contribution >= 0.6 is 0 Å². The van der Waals surface area contributed by atoms with Crippen molar-refractivity contribution in [2.75, 3.05) is 7.11 Å². The van der Waals surface area contributed by atoms with Gasteiger partial charge in [-0.15, -0.1) is 4.83 Å². The molecule has 0 spiro atoms. The molecule has 0 saturated heterocycles. The van der Waals surface area contributed by atoms with Crippen LogP contribution in [-0.2, 0) is 14.8 Å². The molecule has 1 aromatic rings. The Kier molecular flexibility index (Phi) is 8.65. The maximum atomic E-state index is 12.0. The highest BCUT2D eigenvalue weighted by molar-refractivity contribution is 7.89. The molecule has 6 nitrogen and oxygen atoms in total. The number of unbranched alkanes of at least 4 members (excludes halogenated alkanes) is 5. The Morgan fingerprint density at radius 1 is 1.04 bits per heavy atom.